The molecule has 0 saturated heterocycles. The Morgan fingerprint density at radius 2 is 1.34 bits per heavy atom. The summed E-state index contributed by atoms with van der Waals surface area (Å²) >= 11 is 0. The molecule has 29 heavy (non-hydrogen) atoms. The highest BCUT2D eigenvalue weighted by atomic mass is 16.5. The molecule has 0 aliphatic rings. The average Bonchev–Trinajstić information content (AvgIpc) is 2.75. The number of anilines is 2. The molecule has 0 spiro atoms. The minimum absolute atomic E-state index is 0.236. The maximum Gasteiger partial charge on any atom is 0.338 e. The number of nitrogens with one attached hydrogen (secondary N) is 2. The number of ether oxygens (including phenoxy) is 1. The topological polar surface area (TPSA) is 97.4 Å². The van der Waals surface area contributed by atoms with Gasteiger partial charge in [-0.05, 0) is 49.4 Å². The molecule has 0 atom stereocenters. The number of rotatable bonds is 6. The third-order valence-corrected chi connectivity index (χ3v) is 3.95. The molecule has 0 radical (unpaired) electrons. The van der Waals surface area contributed by atoms with Gasteiger partial charge >= 0.3 is 5.97 Å². The van der Waals surface area contributed by atoms with Crippen LogP contribution in [-0.4, -0.2) is 29.4 Å². The molecular formula is C22H19N3O4. The summed E-state index contributed by atoms with van der Waals surface area (Å²) in [6.45, 7) is 2.02. The van der Waals surface area contributed by atoms with Gasteiger partial charge in [-0.2, -0.15) is 0 Å². The molecule has 0 aliphatic carbocycles. The van der Waals surface area contributed by atoms with E-state index in [1.807, 2.05) is 18.2 Å². The van der Waals surface area contributed by atoms with Gasteiger partial charge in [0.1, 0.15) is 0 Å². The van der Waals surface area contributed by atoms with Gasteiger partial charge in [0.05, 0.1) is 23.3 Å². The number of hydrogen-bond donors (Lipinski definition) is 2. The van der Waals surface area contributed by atoms with E-state index in [1.54, 1.807) is 43.3 Å². The van der Waals surface area contributed by atoms with E-state index in [-0.39, 0.29) is 17.0 Å². The lowest BCUT2D eigenvalue weighted by Gasteiger charge is -2.08. The normalized spacial score (nSPS) is 10.1. The number of amides is 2. The zero-order valence-electron chi connectivity index (χ0n) is 15.7. The molecule has 0 unspecified atom stereocenters. The van der Waals surface area contributed by atoms with Gasteiger partial charge in [-0.1, -0.05) is 18.2 Å². The lowest BCUT2D eigenvalue weighted by Crippen LogP contribution is -2.16. The average molecular weight is 389 g/mol. The monoisotopic (exact) mass is 389 g/mol. The van der Waals surface area contributed by atoms with Gasteiger partial charge in [-0.3, -0.25) is 14.6 Å². The van der Waals surface area contributed by atoms with Crippen LogP contribution >= 0.6 is 0 Å². The first-order valence-electron chi connectivity index (χ1n) is 8.97. The third kappa shape index (κ3) is 5.26. The van der Waals surface area contributed by atoms with Crippen molar-refractivity contribution >= 4 is 29.2 Å². The van der Waals surface area contributed by atoms with Crippen LogP contribution in [0.15, 0.2) is 73.1 Å². The van der Waals surface area contributed by atoms with Gasteiger partial charge in [0.15, 0.2) is 0 Å². The number of esters is 1. The van der Waals surface area contributed by atoms with E-state index in [9.17, 15) is 14.4 Å². The summed E-state index contributed by atoms with van der Waals surface area (Å²) in [4.78, 5) is 40.5. The van der Waals surface area contributed by atoms with Crippen LogP contribution in [0.25, 0.3) is 0 Å². The van der Waals surface area contributed by atoms with Crippen LogP contribution < -0.4 is 10.6 Å². The maximum atomic E-state index is 12.5. The SMILES string of the molecule is CCOC(=O)c1ccc(NC(=O)c2cncc(C(=O)Nc3ccccc3)c2)cc1. The molecule has 7 nitrogen and oxygen atoms in total. The van der Waals surface area contributed by atoms with Crippen LogP contribution in [-0.2, 0) is 4.74 Å². The molecule has 0 fully saturated rings. The summed E-state index contributed by atoms with van der Waals surface area (Å²) in [7, 11) is 0. The summed E-state index contributed by atoms with van der Waals surface area (Å²) in [6, 6.07) is 16.8. The summed E-state index contributed by atoms with van der Waals surface area (Å²) in [5.74, 6) is -1.21. The number of hydrogen-bond acceptors (Lipinski definition) is 5. The van der Waals surface area contributed by atoms with Crippen molar-refractivity contribution in [2.45, 2.75) is 6.92 Å². The molecule has 2 aromatic carbocycles. The molecule has 3 aromatic rings. The molecule has 0 aliphatic heterocycles. The van der Waals surface area contributed by atoms with E-state index in [1.165, 1.54) is 18.5 Å². The Kier molecular flexibility index (Phi) is 6.32. The van der Waals surface area contributed by atoms with E-state index in [4.69, 9.17) is 4.74 Å². The van der Waals surface area contributed by atoms with Crippen LogP contribution in [0.4, 0.5) is 11.4 Å². The number of nitrogens with zero attached hydrogens (tertiary/aromatic N) is 1. The van der Waals surface area contributed by atoms with Gasteiger partial charge in [0.25, 0.3) is 11.8 Å². The highest BCUT2D eigenvalue weighted by molar-refractivity contribution is 6.08. The van der Waals surface area contributed by atoms with Crippen LogP contribution in [0.2, 0.25) is 0 Å². The Morgan fingerprint density at radius 1 is 0.793 bits per heavy atom. The van der Waals surface area contributed by atoms with E-state index in [0.717, 1.165) is 0 Å². The Morgan fingerprint density at radius 3 is 1.90 bits per heavy atom. The van der Waals surface area contributed by atoms with E-state index in [2.05, 4.69) is 15.6 Å². The van der Waals surface area contributed by atoms with Crippen molar-refractivity contribution in [3.8, 4) is 0 Å². The summed E-state index contributed by atoms with van der Waals surface area (Å²) in [5, 5.41) is 5.46. The first-order valence-corrected chi connectivity index (χ1v) is 8.97. The Balaban J connectivity index is 1.67. The van der Waals surface area contributed by atoms with Gasteiger partial charge in [0.2, 0.25) is 0 Å². The lowest BCUT2D eigenvalue weighted by atomic mass is 10.1. The number of carbonyl (C=O) groups is 3. The van der Waals surface area contributed by atoms with Crippen molar-refractivity contribution in [1.29, 1.82) is 0 Å². The molecule has 3 rings (SSSR count). The molecule has 2 amide bonds. The van der Waals surface area contributed by atoms with E-state index < -0.39 is 11.9 Å². The quantitative estimate of drug-likeness (QED) is 0.626. The Hall–Kier alpha value is -4.00. The molecule has 7 heteroatoms. The second kappa shape index (κ2) is 9.27. The third-order valence-electron chi connectivity index (χ3n) is 3.95. The van der Waals surface area contributed by atoms with Crippen molar-refractivity contribution in [2.75, 3.05) is 17.2 Å². The van der Waals surface area contributed by atoms with Gasteiger partial charge in [-0.15, -0.1) is 0 Å². The Labute approximate surface area is 167 Å². The number of pyridine rings is 1. The molecule has 0 bridgehead atoms. The fraction of sp³-hybridized carbons (Fsp3) is 0.0909. The smallest absolute Gasteiger partial charge is 0.338 e. The van der Waals surface area contributed by atoms with Gasteiger partial charge in [0, 0.05) is 23.8 Å². The Bertz CT molecular complexity index is 1020. The predicted octanol–water partition coefficient (Wildman–Crippen LogP) is 3.76. The zero-order valence-corrected chi connectivity index (χ0v) is 15.7. The molecule has 146 valence electrons. The minimum Gasteiger partial charge on any atom is -0.462 e. The largest absolute Gasteiger partial charge is 0.462 e. The zero-order chi connectivity index (χ0) is 20.6. The predicted molar refractivity (Wildman–Crippen MR) is 109 cm³/mol. The van der Waals surface area contributed by atoms with Crippen LogP contribution in [0.1, 0.15) is 38.0 Å². The van der Waals surface area contributed by atoms with Crippen molar-refractivity contribution in [3.63, 3.8) is 0 Å². The summed E-state index contributed by atoms with van der Waals surface area (Å²) in [6.07, 6.45) is 2.77. The molecular weight excluding hydrogens is 370 g/mol. The second-order valence-electron chi connectivity index (χ2n) is 6.03. The molecule has 0 saturated carbocycles. The summed E-state index contributed by atoms with van der Waals surface area (Å²) in [5.41, 5.74) is 2.04. The first kappa shape index (κ1) is 19.8. The van der Waals surface area contributed by atoms with Crippen molar-refractivity contribution in [3.05, 3.63) is 89.7 Å². The van der Waals surface area contributed by atoms with Crippen molar-refractivity contribution in [2.24, 2.45) is 0 Å². The second-order valence-corrected chi connectivity index (χ2v) is 6.03. The number of benzene rings is 2. The highest BCUT2D eigenvalue weighted by Gasteiger charge is 2.13. The van der Waals surface area contributed by atoms with Crippen LogP contribution in [0.5, 0.6) is 0 Å². The molecule has 1 aromatic heterocycles. The van der Waals surface area contributed by atoms with Gasteiger partial charge in [-0.25, -0.2) is 4.79 Å². The van der Waals surface area contributed by atoms with Gasteiger partial charge < -0.3 is 15.4 Å². The lowest BCUT2D eigenvalue weighted by molar-refractivity contribution is 0.0526. The highest BCUT2D eigenvalue weighted by Crippen LogP contribution is 2.14. The minimum atomic E-state index is -0.424. The fourth-order valence-corrected chi connectivity index (χ4v) is 2.52. The van der Waals surface area contributed by atoms with E-state index in [0.29, 0.717) is 23.5 Å². The van der Waals surface area contributed by atoms with Crippen molar-refractivity contribution in [1.82, 2.24) is 4.98 Å². The molecule has 2 N–H and O–H groups in total. The summed E-state index contributed by atoms with van der Waals surface area (Å²) < 4.78 is 4.92. The number of aromatic nitrogens is 1. The van der Waals surface area contributed by atoms with Crippen molar-refractivity contribution < 1.29 is 19.1 Å². The fourth-order valence-electron chi connectivity index (χ4n) is 2.52. The standard InChI is InChI=1S/C22H19N3O4/c1-2-29-22(28)15-8-10-19(11-9-15)25-21(27)17-12-16(13-23-14-17)20(26)24-18-6-4-3-5-7-18/h3-14H,2H2,1H3,(H,24,26)(H,25,27). The van der Waals surface area contributed by atoms with Crippen LogP contribution in [0, 0.1) is 0 Å². The first-order chi connectivity index (χ1) is 14.1. The van der Waals surface area contributed by atoms with E-state index >= 15 is 0 Å². The number of carbonyl (C=O) groups excluding carboxylic acids is 3. The number of para-hydroxylation sites is 1. The maximum absolute atomic E-state index is 12.5. The molecule has 1 heterocycles. The van der Waals surface area contributed by atoms with Crippen LogP contribution in [0.3, 0.4) is 0 Å².